The third-order valence-corrected chi connectivity index (χ3v) is 2.87. The smallest absolute Gasteiger partial charge is 0.224 e. The lowest BCUT2D eigenvalue weighted by atomic mass is 10.0. The number of benzene rings is 1. The fourth-order valence-corrected chi connectivity index (χ4v) is 1.71. The van der Waals surface area contributed by atoms with Crippen LogP contribution in [0.2, 0.25) is 0 Å². The molecule has 0 aliphatic heterocycles. The molecule has 1 amide bonds. The number of carbonyl (C=O) groups excluding carboxylic acids is 1. The first-order valence-corrected chi connectivity index (χ1v) is 6.24. The molecule has 2 unspecified atom stereocenters. The van der Waals surface area contributed by atoms with Crippen molar-refractivity contribution >= 4 is 5.91 Å². The molecule has 0 aliphatic rings. The molecule has 0 saturated heterocycles. The number of amides is 1. The zero-order chi connectivity index (χ0) is 13.5. The minimum atomic E-state index is -0.154. The standard InChI is InChI=1S/C14H23N3O/c1-11(9-15)14(18)16-13(10-17(2)3)12-7-5-4-6-8-12/h4-8,11,13H,9-10,15H2,1-3H3,(H,16,18). The molecule has 1 rings (SSSR count). The normalized spacial score (nSPS) is 14.3. The van der Waals surface area contributed by atoms with Crippen molar-refractivity contribution in [3.63, 3.8) is 0 Å². The van der Waals surface area contributed by atoms with Crippen LogP contribution in [0, 0.1) is 5.92 Å². The SMILES string of the molecule is CC(CN)C(=O)NC(CN(C)C)c1ccccc1. The van der Waals surface area contributed by atoms with Crippen molar-refractivity contribution in [3.8, 4) is 0 Å². The van der Waals surface area contributed by atoms with Crippen molar-refractivity contribution < 1.29 is 4.79 Å². The summed E-state index contributed by atoms with van der Waals surface area (Å²) in [6, 6.07) is 10.00. The van der Waals surface area contributed by atoms with E-state index in [1.165, 1.54) is 0 Å². The number of likely N-dealkylation sites (N-methyl/N-ethyl adjacent to an activating group) is 1. The van der Waals surface area contributed by atoms with E-state index in [0.717, 1.165) is 12.1 Å². The van der Waals surface area contributed by atoms with Crippen LogP contribution in [0.25, 0.3) is 0 Å². The Labute approximate surface area is 109 Å². The van der Waals surface area contributed by atoms with E-state index in [1.54, 1.807) is 0 Å². The van der Waals surface area contributed by atoms with Crippen LogP contribution in [-0.2, 0) is 4.79 Å². The molecule has 1 aromatic rings. The third-order valence-electron chi connectivity index (χ3n) is 2.87. The van der Waals surface area contributed by atoms with Crippen LogP contribution in [0.1, 0.15) is 18.5 Å². The lowest BCUT2D eigenvalue weighted by molar-refractivity contribution is -0.125. The van der Waals surface area contributed by atoms with Crippen LogP contribution in [0.4, 0.5) is 0 Å². The maximum atomic E-state index is 11.9. The summed E-state index contributed by atoms with van der Waals surface area (Å²) < 4.78 is 0. The lowest BCUT2D eigenvalue weighted by Crippen LogP contribution is -2.39. The van der Waals surface area contributed by atoms with Crippen LogP contribution >= 0.6 is 0 Å². The summed E-state index contributed by atoms with van der Waals surface area (Å²) in [5.74, 6) is -0.147. The fourth-order valence-electron chi connectivity index (χ4n) is 1.71. The largest absolute Gasteiger partial charge is 0.348 e. The Bertz CT molecular complexity index is 365. The molecular formula is C14H23N3O. The van der Waals surface area contributed by atoms with E-state index >= 15 is 0 Å². The van der Waals surface area contributed by atoms with Crippen LogP contribution in [0.5, 0.6) is 0 Å². The van der Waals surface area contributed by atoms with E-state index in [0.29, 0.717) is 6.54 Å². The quantitative estimate of drug-likeness (QED) is 0.791. The highest BCUT2D eigenvalue weighted by Crippen LogP contribution is 2.14. The highest BCUT2D eigenvalue weighted by Gasteiger charge is 2.18. The van der Waals surface area contributed by atoms with Gasteiger partial charge in [-0.1, -0.05) is 37.3 Å². The predicted molar refractivity (Wildman–Crippen MR) is 74.1 cm³/mol. The van der Waals surface area contributed by atoms with Crippen molar-refractivity contribution in [3.05, 3.63) is 35.9 Å². The number of hydrogen-bond donors (Lipinski definition) is 2. The van der Waals surface area contributed by atoms with E-state index < -0.39 is 0 Å². The summed E-state index contributed by atoms with van der Waals surface area (Å²) in [7, 11) is 3.99. The number of nitrogens with one attached hydrogen (secondary N) is 1. The highest BCUT2D eigenvalue weighted by atomic mass is 16.1. The maximum Gasteiger partial charge on any atom is 0.224 e. The maximum absolute atomic E-state index is 11.9. The summed E-state index contributed by atoms with van der Waals surface area (Å²) in [5.41, 5.74) is 6.63. The first-order valence-electron chi connectivity index (χ1n) is 6.24. The van der Waals surface area contributed by atoms with Crippen molar-refractivity contribution in [2.24, 2.45) is 11.7 Å². The molecule has 0 spiro atoms. The van der Waals surface area contributed by atoms with E-state index in [1.807, 2.05) is 51.4 Å². The number of rotatable bonds is 6. The summed E-state index contributed by atoms with van der Waals surface area (Å²) in [5, 5.41) is 3.05. The zero-order valence-electron chi connectivity index (χ0n) is 11.4. The van der Waals surface area contributed by atoms with Crippen LogP contribution < -0.4 is 11.1 Å². The third kappa shape index (κ3) is 4.47. The number of hydrogen-bond acceptors (Lipinski definition) is 3. The zero-order valence-corrected chi connectivity index (χ0v) is 11.4. The van der Waals surface area contributed by atoms with Gasteiger partial charge in [-0.25, -0.2) is 0 Å². The van der Waals surface area contributed by atoms with Gasteiger partial charge in [-0.15, -0.1) is 0 Å². The molecule has 0 heterocycles. The van der Waals surface area contributed by atoms with Gasteiger partial charge in [0.15, 0.2) is 0 Å². The summed E-state index contributed by atoms with van der Waals surface area (Å²) in [6.07, 6.45) is 0. The van der Waals surface area contributed by atoms with E-state index in [-0.39, 0.29) is 17.9 Å². The average Bonchev–Trinajstić information content (AvgIpc) is 2.37. The Morgan fingerprint density at radius 1 is 1.33 bits per heavy atom. The molecule has 0 radical (unpaired) electrons. The van der Waals surface area contributed by atoms with Gasteiger partial charge in [0.05, 0.1) is 6.04 Å². The molecule has 0 saturated carbocycles. The highest BCUT2D eigenvalue weighted by molar-refractivity contribution is 5.79. The second-order valence-corrected chi connectivity index (χ2v) is 4.87. The molecule has 4 nitrogen and oxygen atoms in total. The Morgan fingerprint density at radius 3 is 2.44 bits per heavy atom. The molecule has 1 aromatic carbocycles. The Balaban J connectivity index is 2.77. The van der Waals surface area contributed by atoms with E-state index in [9.17, 15) is 4.79 Å². The first kappa shape index (κ1) is 14.7. The number of carbonyl (C=O) groups is 1. The topological polar surface area (TPSA) is 58.4 Å². The van der Waals surface area contributed by atoms with Gasteiger partial charge in [-0.3, -0.25) is 4.79 Å². The van der Waals surface area contributed by atoms with Crippen molar-refractivity contribution in [1.29, 1.82) is 0 Å². The predicted octanol–water partition coefficient (Wildman–Crippen LogP) is 1.00. The molecule has 2 atom stereocenters. The van der Waals surface area contributed by atoms with Gasteiger partial charge in [0, 0.05) is 19.0 Å². The van der Waals surface area contributed by atoms with Gasteiger partial charge in [0.2, 0.25) is 5.91 Å². The minimum Gasteiger partial charge on any atom is -0.348 e. The Hall–Kier alpha value is -1.39. The molecule has 0 aromatic heterocycles. The average molecular weight is 249 g/mol. The van der Waals surface area contributed by atoms with Gasteiger partial charge >= 0.3 is 0 Å². The molecule has 0 aliphatic carbocycles. The molecule has 18 heavy (non-hydrogen) atoms. The van der Waals surface area contributed by atoms with Gasteiger partial charge in [0.25, 0.3) is 0 Å². The first-order chi connectivity index (χ1) is 8.54. The molecule has 3 N–H and O–H groups in total. The van der Waals surface area contributed by atoms with E-state index in [2.05, 4.69) is 10.2 Å². The van der Waals surface area contributed by atoms with Crippen LogP contribution in [0.15, 0.2) is 30.3 Å². The van der Waals surface area contributed by atoms with Gasteiger partial charge in [-0.2, -0.15) is 0 Å². The van der Waals surface area contributed by atoms with Crippen LogP contribution in [-0.4, -0.2) is 38.0 Å². The summed E-state index contributed by atoms with van der Waals surface area (Å²) >= 11 is 0. The van der Waals surface area contributed by atoms with Gasteiger partial charge in [0.1, 0.15) is 0 Å². The van der Waals surface area contributed by atoms with Gasteiger partial charge < -0.3 is 16.0 Å². The molecular weight excluding hydrogens is 226 g/mol. The summed E-state index contributed by atoms with van der Waals surface area (Å²) in [6.45, 7) is 2.98. The lowest BCUT2D eigenvalue weighted by Gasteiger charge is -2.24. The summed E-state index contributed by atoms with van der Waals surface area (Å²) in [4.78, 5) is 14.0. The second-order valence-electron chi connectivity index (χ2n) is 4.87. The number of nitrogens with two attached hydrogens (primary N) is 1. The van der Waals surface area contributed by atoms with Crippen molar-refractivity contribution in [1.82, 2.24) is 10.2 Å². The monoisotopic (exact) mass is 249 g/mol. The van der Waals surface area contributed by atoms with Crippen LogP contribution in [0.3, 0.4) is 0 Å². The van der Waals surface area contributed by atoms with Gasteiger partial charge in [-0.05, 0) is 19.7 Å². The van der Waals surface area contributed by atoms with E-state index in [4.69, 9.17) is 5.73 Å². The molecule has 4 heteroatoms. The fraction of sp³-hybridized carbons (Fsp3) is 0.500. The number of nitrogens with zero attached hydrogens (tertiary/aromatic N) is 1. The Morgan fingerprint density at radius 2 is 1.94 bits per heavy atom. The molecule has 100 valence electrons. The molecule has 0 fully saturated rings. The Kier molecular flexibility index (Phi) is 5.82. The minimum absolute atomic E-state index is 0.00250. The second kappa shape index (κ2) is 7.13. The van der Waals surface area contributed by atoms with Crippen molar-refractivity contribution in [2.75, 3.05) is 27.2 Å². The van der Waals surface area contributed by atoms with Crippen molar-refractivity contribution in [2.45, 2.75) is 13.0 Å². The molecule has 0 bridgehead atoms.